The molecule has 6 aromatic carbocycles. The Labute approximate surface area is 339 Å². The molecule has 4 N–H and O–H groups in total. The summed E-state index contributed by atoms with van der Waals surface area (Å²) in [6.45, 7) is 2.35. The number of aryl methyl sites for hydroxylation is 1. The van der Waals surface area contributed by atoms with Gasteiger partial charge in [-0.3, -0.25) is 9.59 Å². The quantitative estimate of drug-likeness (QED) is 0.0686. The van der Waals surface area contributed by atoms with E-state index in [9.17, 15) is 19.8 Å². The average Bonchev–Trinajstić information content (AvgIpc) is 3.77. The molecule has 0 spiro atoms. The van der Waals surface area contributed by atoms with Gasteiger partial charge in [-0.25, -0.2) is 0 Å². The Morgan fingerprint density at radius 3 is 1.81 bits per heavy atom. The van der Waals surface area contributed by atoms with Crippen molar-refractivity contribution in [2.45, 2.75) is 24.3 Å². The number of thioether (sulfide) groups is 1. The number of hydrogen-bond acceptors (Lipinski definition) is 7. The number of carbonyl (C=O) groups excluding carboxylic acids is 2. The van der Waals surface area contributed by atoms with Gasteiger partial charge in [-0.05, 0) is 95.4 Å². The average molecular weight is 790 g/mol. The second-order valence-corrected chi connectivity index (χ2v) is 15.9. The fraction of sp³-hybridized carbons (Fsp3) is 0.128. The SMILES string of the molecule is O=C(NCCCN1/C(=C/c2sc3ccc(-c4ccccc4)cc3[n+]2CCCNC(=O)c2ccc(O)cc2)Sc2ccc(-c3ccccc3)cc21)c1ccc(O)cc1. The molecule has 8 rings (SSSR count). The highest BCUT2D eigenvalue weighted by Crippen LogP contribution is 2.48. The summed E-state index contributed by atoms with van der Waals surface area (Å²) in [7, 11) is 0. The third-order valence-corrected chi connectivity index (χ3v) is 12.1. The largest absolute Gasteiger partial charge is 0.508 e. The van der Waals surface area contributed by atoms with E-state index in [0.717, 1.165) is 43.5 Å². The molecule has 7 aromatic rings. The summed E-state index contributed by atoms with van der Waals surface area (Å²) in [6.07, 6.45) is 3.71. The fourth-order valence-corrected chi connectivity index (χ4v) is 9.20. The molecule has 0 bridgehead atoms. The van der Waals surface area contributed by atoms with Crippen LogP contribution in [0.3, 0.4) is 0 Å². The van der Waals surface area contributed by atoms with Crippen LogP contribution in [0.5, 0.6) is 11.5 Å². The Hall–Kier alpha value is -6.36. The van der Waals surface area contributed by atoms with Crippen molar-refractivity contribution < 1.29 is 24.4 Å². The van der Waals surface area contributed by atoms with E-state index in [0.29, 0.717) is 50.1 Å². The molecule has 2 heterocycles. The third-order valence-electron chi connectivity index (χ3n) is 9.87. The molecule has 57 heavy (non-hydrogen) atoms. The number of benzene rings is 6. The van der Waals surface area contributed by atoms with Crippen molar-refractivity contribution >= 4 is 56.9 Å². The van der Waals surface area contributed by atoms with Crippen molar-refractivity contribution in [3.63, 3.8) is 0 Å². The minimum Gasteiger partial charge on any atom is -0.508 e. The highest BCUT2D eigenvalue weighted by Gasteiger charge is 2.29. The molecule has 1 aliphatic rings. The third kappa shape index (κ3) is 8.72. The lowest BCUT2D eigenvalue weighted by atomic mass is 10.0. The summed E-state index contributed by atoms with van der Waals surface area (Å²) >= 11 is 3.50. The number of amides is 2. The molecule has 0 fully saturated rings. The van der Waals surface area contributed by atoms with Gasteiger partial charge >= 0.3 is 0 Å². The van der Waals surface area contributed by atoms with Crippen LogP contribution in [-0.4, -0.2) is 41.7 Å². The summed E-state index contributed by atoms with van der Waals surface area (Å²) in [4.78, 5) is 29.3. The van der Waals surface area contributed by atoms with E-state index in [2.05, 4.69) is 111 Å². The topological polar surface area (TPSA) is 106 Å². The second-order valence-electron chi connectivity index (χ2n) is 13.7. The van der Waals surface area contributed by atoms with Gasteiger partial charge in [0.1, 0.15) is 16.2 Å². The molecule has 10 heteroatoms. The van der Waals surface area contributed by atoms with Crippen LogP contribution in [0, 0.1) is 0 Å². The van der Waals surface area contributed by atoms with Crippen molar-refractivity contribution in [2.75, 3.05) is 24.5 Å². The molecular weight excluding hydrogens is 749 g/mol. The van der Waals surface area contributed by atoms with E-state index in [1.165, 1.54) is 33.9 Å². The number of nitrogens with one attached hydrogen (secondary N) is 2. The Balaban J connectivity index is 1.09. The first kappa shape index (κ1) is 37.6. The maximum absolute atomic E-state index is 12.9. The van der Waals surface area contributed by atoms with Crippen LogP contribution in [0.1, 0.15) is 38.6 Å². The van der Waals surface area contributed by atoms with Gasteiger partial charge in [0, 0.05) is 48.1 Å². The lowest BCUT2D eigenvalue weighted by Gasteiger charge is -2.21. The number of carbonyl (C=O) groups is 2. The number of aromatic nitrogens is 1. The van der Waals surface area contributed by atoms with Gasteiger partial charge in [-0.1, -0.05) is 95.9 Å². The Morgan fingerprint density at radius 1 is 0.632 bits per heavy atom. The summed E-state index contributed by atoms with van der Waals surface area (Å²) in [5, 5.41) is 27.6. The number of thiazole rings is 1. The van der Waals surface area contributed by atoms with Gasteiger partial charge < -0.3 is 25.7 Å². The maximum atomic E-state index is 12.9. The van der Waals surface area contributed by atoms with Crippen LogP contribution in [-0.2, 0) is 6.54 Å². The van der Waals surface area contributed by atoms with Gasteiger partial charge in [0.25, 0.3) is 16.8 Å². The van der Waals surface area contributed by atoms with E-state index < -0.39 is 0 Å². The van der Waals surface area contributed by atoms with Crippen molar-refractivity contribution in [1.29, 1.82) is 0 Å². The highest BCUT2D eigenvalue weighted by atomic mass is 32.2. The molecule has 0 atom stereocenters. The van der Waals surface area contributed by atoms with Gasteiger partial charge in [-0.2, -0.15) is 4.57 Å². The number of phenolic OH excluding ortho intramolecular Hbond substituents is 2. The molecule has 0 aliphatic carbocycles. The van der Waals surface area contributed by atoms with Crippen molar-refractivity contribution in [3.8, 4) is 33.8 Å². The molecule has 0 radical (unpaired) electrons. The monoisotopic (exact) mass is 789 g/mol. The number of hydrogen-bond donors (Lipinski definition) is 4. The highest BCUT2D eigenvalue weighted by molar-refractivity contribution is 8.03. The number of anilines is 1. The van der Waals surface area contributed by atoms with Crippen LogP contribution in [0.25, 0.3) is 38.5 Å². The summed E-state index contributed by atoms with van der Waals surface area (Å²) < 4.78 is 3.53. The molecule has 1 aliphatic heterocycles. The lowest BCUT2D eigenvalue weighted by Crippen LogP contribution is -2.37. The molecule has 0 unspecified atom stereocenters. The minimum absolute atomic E-state index is 0.125. The van der Waals surface area contributed by atoms with Crippen LogP contribution < -0.4 is 20.1 Å². The molecular formula is C47H41N4O4S2+. The van der Waals surface area contributed by atoms with E-state index in [-0.39, 0.29) is 23.3 Å². The molecule has 8 nitrogen and oxygen atoms in total. The van der Waals surface area contributed by atoms with E-state index >= 15 is 0 Å². The first-order chi connectivity index (χ1) is 27.9. The smallest absolute Gasteiger partial charge is 0.265 e. The number of aromatic hydroxyl groups is 2. The van der Waals surface area contributed by atoms with Crippen LogP contribution in [0.4, 0.5) is 5.69 Å². The zero-order chi connectivity index (χ0) is 39.1. The Kier molecular flexibility index (Phi) is 11.3. The van der Waals surface area contributed by atoms with Crippen molar-refractivity contribution in [1.82, 2.24) is 10.6 Å². The molecule has 284 valence electrons. The first-order valence-electron chi connectivity index (χ1n) is 18.9. The molecule has 0 saturated carbocycles. The van der Waals surface area contributed by atoms with Gasteiger partial charge in [0.05, 0.1) is 16.8 Å². The van der Waals surface area contributed by atoms with Gasteiger partial charge in [-0.15, -0.1) is 0 Å². The van der Waals surface area contributed by atoms with E-state index in [1.807, 2.05) is 12.1 Å². The first-order valence-corrected chi connectivity index (χ1v) is 20.6. The van der Waals surface area contributed by atoms with Crippen molar-refractivity contribution in [2.24, 2.45) is 0 Å². The van der Waals surface area contributed by atoms with E-state index in [4.69, 9.17) is 0 Å². The number of rotatable bonds is 13. The summed E-state index contributed by atoms with van der Waals surface area (Å²) in [6, 6.07) is 46.6. The fourth-order valence-electron chi connectivity index (χ4n) is 6.91. The summed E-state index contributed by atoms with van der Waals surface area (Å²) in [5.41, 5.74) is 7.86. The maximum Gasteiger partial charge on any atom is 0.265 e. The predicted molar refractivity (Wildman–Crippen MR) is 231 cm³/mol. The van der Waals surface area contributed by atoms with Gasteiger partial charge in [0.2, 0.25) is 5.52 Å². The number of fused-ring (bicyclic) bond motifs is 2. The summed E-state index contributed by atoms with van der Waals surface area (Å²) in [5.74, 6) is -0.0950. The zero-order valence-corrected chi connectivity index (χ0v) is 32.7. The number of phenols is 2. The molecule has 2 amide bonds. The van der Waals surface area contributed by atoms with E-state index in [1.54, 1.807) is 47.4 Å². The van der Waals surface area contributed by atoms with Crippen LogP contribution in [0.2, 0.25) is 0 Å². The Bertz CT molecular complexity index is 2560. The predicted octanol–water partition coefficient (Wildman–Crippen LogP) is 9.48. The minimum atomic E-state index is -0.172. The van der Waals surface area contributed by atoms with Crippen LogP contribution in [0.15, 0.2) is 156 Å². The number of nitrogens with zero attached hydrogens (tertiary/aromatic N) is 2. The molecule has 0 saturated heterocycles. The standard InChI is InChI=1S/C47H40N4O4S2/c52-38-19-13-34(14-20-38)46(54)48-25-7-27-50-40-29-36(32-9-3-1-4-10-32)17-23-42(40)56-44(50)31-45-51(28-8-26-49-47(55)35-15-21-39(53)22-16-35)41-30-37(18-24-43(41)57-45)33-11-5-2-6-12-33/h1-6,9-24,29-31H,7-8,25-28H2,(H3-,48,49,52,53,54,55)/p+1. The zero-order valence-electron chi connectivity index (χ0n) is 31.1. The van der Waals surface area contributed by atoms with Gasteiger partial charge in [0.15, 0.2) is 6.54 Å². The van der Waals surface area contributed by atoms with Crippen LogP contribution >= 0.6 is 23.1 Å². The van der Waals surface area contributed by atoms with Crippen molar-refractivity contribution in [3.05, 3.63) is 167 Å². The Morgan fingerprint density at radius 2 is 1.19 bits per heavy atom. The molecule has 1 aromatic heterocycles. The second kappa shape index (κ2) is 17.2. The lowest BCUT2D eigenvalue weighted by molar-refractivity contribution is -0.668. The normalized spacial score (nSPS) is 12.8.